The summed E-state index contributed by atoms with van der Waals surface area (Å²) in [6.45, 7) is 0.534. The van der Waals surface area contributed by atoms with Crippen molar-refractivity contribution in [2.75, 3.05) is 0 Å². The van der Waals surface area contributed by atoms with Gasteiger partial charge in [-0.15, -0.1) is 0 Å². The zero-order valence-corrected chi connectivity index (χ0v) is 12.9. The first kappa shape index (κ1) is 13.8. The Morgan fingerprint density at radius 2 is 1.76 bits per heavy atom. The molecule has 3 rings (SSSR count). The van der Waals surface area contributed by atoms with Crippen molar-refractivity contribution in [1.29, 1.82) is 0 Å². The van der Waals surface area contributed by atoms with Crippen LogP contribution in [-0.4, -0.2) is 22.2 Å². The van der Waals surface area contributed by atoms with Gasteiger partial charge < -0.3 is 0 Å². The Hall–Kier alpha value is -2.16. The molecule has 0 saturated heterocycles. The topological polar surface area (TPSA) is 42.6 Å². The van der Waals surface area contributed by atoms with Gasteiger partial charge in [0.2, 0.25) is 0 Å². The van der Waals surface area contributed by atoms with E-state index in [0.29, 0.717) is 17.7 Å². The Morgan fingerprint density at radius 1 is 1.05 bits per heavy atom. The summed E-state index contributed by atoms with van der Waals surface area (Å²) < 4.78 is 6.09. The standard InChI is InChI=1S/C17H12NO2Se/c19-17-14(11-18-10-12-6-2-1-3-7-12)16(21)13-8-4-5-9-15(13)20-17/h1-9,11H,10H2. The molecular weight excluding hydrogens is 329 g/mol. The minimum atomic E-state index is -0.376. The summed E-state index contributed by atoms with van der Waals surface area (Å²) in [7, 11) is 0. The third-order valence-corrected chi connectivity index (χ3v) is 4.06. The molecular formula is C17H12NO2Se. The van der Waals surface area contributed by atoms with E-state index in [2.05, 4.69) is 21.0 Å². The van der Waals surface area contributed by atoms with Gasteiger partial charge in [0.25, 0.3) is 0 Å². The first-order valence-corrected chi connectivity index (χ1v) is 7.38. The molecule has 1 heterocycles. The van der Waals surface area contributed by atoms with E-state index in [1.807, 2.05) is 48.5 Å². The van der Waals surface area contributed by atoms with E-state index in [1.165, 1.54) is 0 Å². The van der Waals surface area contributed by atoms with Gasteiger partial charge in [-0.1, -0.05) is 0 Å². The van der Waals surface area contributed by atoms with Gasteiger partial charge in [-0.05, 0) is 0 Å². The molecule has 103 valence electrons. The van der Waals surface area contributed by atoms with Gasteiger partial charge in [0.15, 0.2) is 0 Å². The van der Waals surface area contributed by atoms with E-state index >= 15 is 0 Å². The fourth-order valence-electron chi connectivity index (χ4n) is 2.07. The van der Waals surface area contributed by atoms with Crippen LogP contribution in [-0.2, 0) is 6.54 Å². The van der Waals surface area contributed by atoms with Gasteiger partial charge in [-0.2, -0.15) is 0 Å². The van der Waals surface area contributed by atoms with Gasteiger partial charge in [0, 0.05) is 0 Å². The fraction of sp³-hybridized carbons (Fsp3) is 0.0588. The van der Waals surface area contributed by atoms with Crippen molar-refractivity contribution >= 4 is 37.7 Å². The number of rotatable bonds is 3. The monoisotopic (exact) mass is 342 g/mol. The molecule has 0 amide bonds. The summed E-state index contributed by atoms with van der Waals surface area (Å²) in [6, 6.07) is 17.3. The number of aliphatic imine (C=N–C) groups is 1. The van der Waals surface area contributed by atoms with E-state index < -0.39 is 0 Å². The second-order valence-electron chi connectivity index (χ2n) is 4.58. The van der Waals surface area contributed by atoms with Crippen LogP contribution in [0.1, 0.15) is 11.1 Å². The number of benzene rings is 2. The zero-order chi connectivity index (χ0) is 14.7. The third kappa shape index (κ3) is 2.97. The Kier molecular flexibility index (Phi) is 4.00. The summed E-state index contributed by atoms with van der Waals surface area (Å²) in [5, 5.41) is 0.887. The molecule has 0 bridgehead atoms. The molecule has 3 aromatic rings. The van der Waals surface area contributed by atoms with Crippen molar-refractivity contribution in [3.05, 3.63) is 76.1 Å². The van der Waals surface area contributed by atoms with Crippen LogP contribution in [0.4, 0.5) is 0 Å². The maximum atomic E-state index is 12.0. The third-order valence-electron chi connectivity index (χ3n) is 3.14. The predicted octanol–water partition coefficient (Wildman–Crippen LogP) is 2.21. The van der Waals surface area contributed by atoms with E-state index in [-0.39, 0.29) is 5.63 Å². The van der Waals surface area contributed by atoms with Crippen LogP contribution in [0.3, 0.4) is 0 Å². The maximum absolute atomic E-state index is 12.0. The predicted molar refractivity (Wildman–Crippen MR) is 85.6 cm³/mol. The van der Waals surface area contributed by atoms with Crippen LogP contribution in [0.5, 0.6) is 0 Å². The van der Waals surface area contributed by atoms with Gasteiger partial charge in [-0.3, -0.25) is 0 Å². The summed E-state index contributed by atoms with van der Waals surface area (Å²) >= 11 is 2.95. The van der Waals surface area contributed by atoms with Crippen molar-refractivity contribution < 1.29 is 4.42 Å². The van der Waals surface area contributed by atoms with Crippen molar-refractivity contribution in [3.63, 3.8) is 0 Å². The quantitative estimate of drug-likeness (QED) is 0.416. The van der Waals surface area contributed by atoms with Crippen LogP contribution in [0, 0.1) is 0 Å². The van der Waals surface area contributed by atoms with Crippen molar-refractivity contribution in [1.82, 2.24) is 0 Å². The Bertz CT molecular complexity index is 854. The zero-order valence-electron chi connectivity index (χ0n) is 11.2. The number of fused-ring (bicyclic) bond motifs is 1. The SMILES string of the molecule is O=c1oc2ccccc2c([Se])c1C=NCc1ccccc1. The minimum absolute atomic E-state index is 0.376. The molecule has 0 atom stereocenters. The van der Waals surface area contributed by atoms with Crippen LogP contribution >= 0.6 is 0 Å². The van der Waals surface area contributed by atoms with Crippen molar-refractivity contribution in [2.45, 2.75) is 6.54 Å². The second kappa shape index (κ2) is 6.08. The van der Waals surface area contributed by atoms with Crippen molar-refractivity contribution in [3.8, 4) is 0 Å². The molecule has 0 aliphatic heterocycles. The Labute approximate surface area is 130 Å². The molecule has 0 N–H and O–H groups in total. The van der Waals surface area contributed by atoms with Crippen LogP contribution in [0.2, 0.25) is 0 Å². The molecule has 2 aromatic carbocycles. The van der Waals surface area contributed by atoms with Gasteiger partial charge in [-0.25, -0.2) is 0 Å². The molecule has 0 unspecified atom stereocenters. The first-order chi connectivity index (χ1) is 10.3. The van der Waals surface area contributed by atoms with E-state index in [0.717, 1.165) is 15.4 Å². The van der Waals surface area contributed by atoms with Gasteiger partial charge in [0.05, 0.1) is 0 Å². The second-order valence-corrected chi connectivity index (χ2v) is 5.44. The van der Waals surface area contributed by atoms with Gasteiger partial charge >= 0.3 is 130 Å². The summed E-state index contributed by atoms with van der Waals surface area (Å²) in [6.07, 6.45) is 1.58. The fourth-order valence-corrected chi connectivity index (χ4v) is 2.71. The molecule has 0 saturated carbocycles. The van der Waals surface area contributed by atoms with E-state index in [9.17, 15) is 4.79 Å². The molecule has 0 aliphatic rings. The first-order valence-electron chi connectivity index (χ1n) is 6.52. The molecule has 4 heteroatoms. The van der Waals surface area contributed by atoms with Gasteiger partial charge in [0.1, 0.15) is 0 Å². The van der Waals surface area contributed by atoms with Crippen LogP contribution in [0.25, 0.3) is 11.0 Å². The molecule has 0 spiro atoms. The van der Waals surface area contributed by atoms with Crippen LogP contribution < -0.4 is 10.1 Å². The number of hydrogen-bond acceptors (Lipinski definition) is 3. The molecule has 3 nitrogen and oxygen atoms in total. The molecule has 0 fully saturated rings. The molecule has 0 aliphatic carbocycles. The number of nitrogens with zero attached hydrogens (tertiary/aromatic N) is 1. The number of hydrogen-bond donors (Lipinski definition) is 0. The Morgan fingerprint density at radius 3 is 2.57 bits per heavy atom. The Balaban J connectivity index is 1.95. The summed E-state index contributed by atoms with van der Waals surface area (Å²) in [4.78, 5) is 16.4. The van der Waals surface area contributed by atoms with Crippen molar-refractivity contribution in [2.24, 2.45) is 4.99 Å². The van der Waals surface area contributed by atoms with Crippen LogP contribution in [0.15, 0.2) is 68.8 Å². The normalized spacial score (nSPS) is 11.2. The average molecular weight is 341 g/mol. The molecule has 1 radical (unpaired) electrons. The molecule has 1 aromatic heterocycles. The van der Waals surface area contributed by atoms with E-state index in [4.69, 9.17) is 4.42 Å². The number of para-hydroxylation sites is 1. The summed E-state index contributed by atoms with van der Waals surface area (Å²) in [5.41, 5.74) is 1.76. The van der Waals surface area contributed by atoms with E-state index in [1.54, 1.807) is 12.3 Å². The average Bonchev–Trinajstić information content (AvgIpc) is 2.51. The molecule has 21 heavy (non-hydrogen) atoms. The summed E-state index contributed by atoms with van der Waals surface area (Å²) in [5.74, 6) is 0.